The lowest BCUT2D eigenvalue weighted by Crippen LogP contribution is -2.53. The van der Waals surface area contributed by atoms with Crippen molar-refractivity contribution in [3.63, 3.8) is 0 Å². The van der Waals surface area contributed by atoms with E-state index in [0.717, 1.165) is 3.57 Å². The van der Waals surface area contributed by atoms with E-state index >= 15 is 0 Å². The normalized spacial score (nSPS) is 12.3. The summed E-state index contributed by atoms with van der Waals surface area (Å²) in [6.07, 6.45) is 0. The summed E-state index contributed by atoms with van der Waals surface area (Å²) in [4.78, 5) is 12.1. The Hall–Kier alpha value is -1.02. The van der Waals surface area contributed by atoms with E-state index < -0.39 is 5.54 Å². The van der Waals surface area contributed by atoms with Crippen molar-refractivity contribution in [1.29, 1.82) is 0 Å². The van der Waals surface area contributed by atoms with E-state index in [0.29, 0.717) is 10.6 Å². The standard InChI is InChI=1S/C11H13ClIN3O2/c1-11(2,10(14)16-18)15-9(17)7-5-6(12)3-4-8(7)13/h3-5,18H,1-2H3,(H2,14,16)(H,15,17). The van der Waals surface area contributed by atoms with Gasteiger partial charge in [-0.2, -0.15) is 0 Å². The van der Waals surface area contributed by atoms with Gasteiger partial charge in [-0.15, -0.1) is 0 Å². The molecule has 1 amide bonds. The van der Waals surface area contributed by atoms with Crippen molar-refractivity contribution in [3.8, 4) is 0 Å². The van der Waals surface area contributed by atoms with E-state index in [1.54, 1.807) is 32.0 Å². The maximum atomic E-state index is 12.1. The highest BCUT2D eigenvalue weighted by atomic mass is 127. The molecule has 0 heterocycles. The van der Waals surface area contributed by atoms with E-state index in [-0.39, 0.29) is 11.7 Å². The second kappa shape index (κ2) is 5.75. The zero-order valence-corrected chi connectivity index (χ0v) is 12.8. The molecule has 0 bridgehead atoms. The van der Waals surface area contributed by atoms with Gasteiger partial charge in [0.1, 0.15) is 0 Å². The average Bonchev–Trinajstić information content (AvgIpc) is 2.30. The Balaban J connectivity index is 2.99. The molecule has 0 aliphatic rings. The molecule has 1 aromatic carbocycles. The van der Waals surface area contributed by atoms with E-state index in [9.17, 15) is 4.79 Å². The summed E-state index contributed by atoms with van der Waals surface area (Å²) in [7, 11) is 0. The summed E-state index contributed by atoms with van der Waals surface area (Å²) >= 11 is 7.89. The van der Waals surface area contributed by atoms with E-state index in [2.05, 4.69) is 10.5 Å². The first-order valence-electron chi connectivity index (χ1n) is 5.03. The molecular formula is C11H13ClIN3O2. The second-order valence-corrected chi connectivity index (χ2v) is 5.79. The smallest absolute Gasteiger partial charge is 0.253 e. The van der Waals surface area contributed by atoms with Crippen LogP contribution in [0.25, 0.3) is 0 Å². The van der Waals surface area contributed by atoms with Gasteiger partial charge in [0.25, 0.3) is 5.91 Å². The van der Waals surface area contributed by atoms with Gasteiger partial charge >= 0.3 is 0 Å². The number of hydrogen-bond donors (Lipinski definition) is 3. The number of carbonyl (C=O) groups is 1. The van der Waals surface area contributed by atoms with Gasteiger partial charge in [-0.25, -0.2) is 0 Å². The Kier molecular flexibility index (Phi) is 4.80. The van der Waals surface area contributed by atoms with Gasteiger partial charge in [-0.05, 0) is 54.6 Å². The fourth-order valence-corrected chi connectivity index (χ4v) is 1.96. The van der Waals surface area contributed by atoms with Crippen molar-refractivity contribution < 1.29 is 10.0 Å². The van der Waals surface area contributed by atoms with Gasteiger partial charge in [0, 0.05) is 8.59 Å². The van der Waals surface area contributed by atoms with Gasteiger partial charge in [-0.1, -0.05) is 16.8 Å². The maximum absolute atomic E-state index is 12.1. The molecule has 0 aliphatic carbocycles. The average molecular weight is 382 g/mol. The quantitative estimate of drug-likeness (QED) is 0.247. The Morgan fingerprint density at radius 2 is 2.17 bits per heavy atom. The zero-order chi connectivity index (χ0) is 13.9. The summed E-state index contributed by atoms with van der Waals surface area (Å²) in [6, 6.07) is 5.02. The zero-order valence-electron chi connectivity index (χ0n) is 9.87. The summed E-state index contributed by atoms with van der Waals surface area (Å²) < 4.78 is 0.768. The molecule has 1 rings (SSSR count). The Labute approximate surface area is 124 Å². The van der Waals surface area contributed by atoms with E-state index in [1.807, 2.05) is 22.6 Å². The predicted molar refractivity (Wildman–Crippen MR) is 79.1 cm³/mol. The monoisotopic (exact) mass is 381 g/mol. The van der Waals surface area contributed by atoms with Crippen LogP contribution in [0.2, 0.25) is 5.02 Å². The van der Waals surface area contributed by atoms with Crippen molar-refractivity contribution in [2.24, 2.45) is 10.9 Å². The van der Waals surface area contributed by atoms with Gasteiger partial charge in [0.05, 0.1) is 11.1 Å². The molecule has 0 radical (unpaired) electrons. The lowest BCUT2D eigenvalue weighted by molar-refractivity contribution is 0.0930. The van der Waals surface area contributed by atoms with Crippen LogP contribution in [-0.4, -0.2) is 22.5 Å². The lowest BCUT2D eigenvalue weighted by Gasteiger charge is -2.24. The Morgan fingerprint density at radius 3 is 2.72 bits per heavy atom. The molecule has 0 unspecified atom stereocenters. The van der Waals surface area contributed by atoms with Crippen LogP contribution in [0.5, 0.6) is 0 Å². The molecule has 0 saturated heterocycles. The maximum Gasteiger partial charge on any atom is 0.253 e. The number of nitrogens with two attached hydrogens (primary N) is 1. The molecular weight excluding hydrogens is 368 g/mol. The topological polar surface area (TPSA) is 87.7 Å². The minimum Gasteiger partial charge on any atom is -0.409 e. The molecule has 0 aliphatic heterocycles. The molecule has 0 atom stereocenters. The van der Waals surface area contributed by atoms with Gasteiger partial charge in [-0.3, -0.25) is 4.79 Å². The molecule has 0 fully saturated rings. The van der Waals surface area contributed by atoms with Crippen molar-refractivity contribution in [2.45, 2.75) is 19.4 Å². The van der Waals surface area contributed by atoms with Crippen molar-refractivity contribution >= 4 is 45.9 Å². The summed E-state index contributed by atoms with van der Waals surface area (Å²) in [5.41, 5.74) is 5.00. The molecule has 1 aromatic rings. The molecule has 0 aromatic heterocycles. The van der Waals surface area contributed by atoms with Gasteiger partial charge < -0.3 is 16.3 Å². The number of nitrogens with one attached hydrogen (secondary N) is 1. The fourth-order valence-electron chi connectivity index (χ4n) is 1.21. The number of benzene rings is 1. The van der Waals surface area contributed by atoms with E-state index in [1.165, 1.54) is 0 Å². The number of nitrogens with zero attached hydrogens (tertiary/aromatic N) is 1. The van der Waals surface area contributed by atoms with Gasteiger partial charge in [0.2, 0.25) is 0 Å². The molecule has 5 nitrogen and oxygen atoms in total. The highest BCUT2D eigenvalue weighted by Gasteiger charge is 2.27. The predicted octanol–water partition coefficient (Wildman–Crippen LogP) is 2.20. The molecule has 18 heavy (non-hydrogen) atoms. The first kappa shape index (κ1) is 15.0. The van der Waals surface area contributed by atoms with Crippen LogP contribution in [0, 0.1) is 3.57 Å². The largest absolute Gasteiger partial charge is 0.409 e. The van der Waals surface area contributed by atoms with Crippen LogP contribution in [0.15, 0.2) is 23.4 Å². The van der Waals surface area contributed by atoms with Gasteiger partial charge in [0.15, 0.2) is 5.84 Å². The summed E-state index contributed by atoms with van der Waals surface area (Å²) in [5.74, 6) is -0.411. The van der Waals surface area contributed by atoms with Crippen LogP contribution < -0.4 is 11.1 Å². The number of carbonyl (C=O) groups excluding carboxylic acids is 1. The third-order valence-corrected chi connectivity index (χ3v) is 3.52. The number of halogens is 2. The van der Waals surface area contributed by atoms with Crippen LogP contribution in [0.3, 0.4) is 0 Å². The summed E-state index contributed by atoms with van der Waals surface area (Å²) in [5, 5.41) is 14.7. The van der Waals surface area contributed by atoms with Crippen LogP contribution in [0.4, 0.5) is 0 Å². The number of rotatable bonds is 3. The molecule has 7 heteroatoms. The highest BCUT2D eigenvalue weighted by molar-refractivity contribution is 14.1. The summed E-state index contributed by atoms with van der Waals surface area (Å²) in [6.45, 7) is 3.27. The van der Waals surface area contributed by atoms with Crippen molar-refractivity contribution in [2.75, 3.05) is 0 Å². The number of amidine groups is 1. The Bertz CT molecular complexity index is 503. The number of amides is 1. The van der Waals surface area contributed by atoms with E-state index in [4.69, 9.17) is 22.5 Å². The van der Waals surface area contributed by atoms with Crippen LogP contribution in [-0.2, 0) is 0 Å². The minimum atomic E-state index is -0.947. The van der Waals surface area contributed by atoms with Crippen molar-refractivity contribution in [3.05, 3.63) is 32.4 Å². The SMILES string of the molecule is CC(C)(NC(=O)c1cc(Cl)ccc1I)/C(N)=N/O. The Morgan fingerprint density at radius 1 is 1.56 bits per heavy atom. The third kappa shape index (κ3) is 3.49. The molecule has 98 valence electrons. The number of oxime groups is 1. The number of hydrogen-bond acceptors (Lipinski definition) is 3. The lowest BCUT2D eigenvalue weighted by atomic mass is 10.0. The fraction of sp³-hybridized carbons (Fsp3) is 0.273. The minimum absolute atomic E-state index is 0.0760. The van der Waals surface area contributed by atoms with Crippen molar-refractivity contribution in [1.82, 2.24) is 5.32 Å². The second-order valence-electron chi connectivity index (χ2n) is 4.19. The van der Waals surface area contributed by atoms with Crippen LogP contribution >= 0.6 is 34.2 Å². The molecule has 0 spiro atoms. The van der Waals surface area contributed by atoms with Crippen LogP contribution in [0.1, 0.15) is 24.2 Å². The first-order chi connectivity index (χ1) is 8.27. The third-order valence-electron chi connectivity index (χ3n) is 2.35. The molecule has 0 saturated carbocycles. The first-order valence-corrected chi connectivity index (χ1v) is 6.49. The molecule has 4 N–H and O–H groups in total. The highest BCUT2D eigenvalue weighted by Crippen LogP contribution is 2.18.